The van der Waals surface area contributed by atoms with Gasteiger partial charge in [-0.25, -0.2) is 9.97 Å². The van der Waals surface area contributed by atoms with Gasteiger partial charge in [0, 0.05) is 60.7 Å². The van der Waals surface area contributed by atoms with Gasteiger partial charge in [-0.3, -0.25) is 14.5 Å². The van der Waals surface area contributed by atoms with Crippen molar-refractivity contribution >= 4 is 40.4 Å². The van der Waals surface area contributed by atoms with Crippen molar-refractivity contribution < 1.29 is 19.8 Å². The first-order valence-corrected chi connectivity index (χ1v) is 9.81. The first kappa shape index (κ1) is 20.1. The van der Waals surface area contributed by atoms with E-state index < -0.39 is 18.0 Å². The van der Waals surface area contributed by atoms with Crippen LogP contribution in [0.25, 0.3) is 10.9 Å². The van der Waals surface area contributed by atoms with Crippen LogP contribution in [0.3, 0.4) is 0 Å². The van der Waals surface area contributed by atoms with Crippen molar-refractivity contribution in [3.63, 3.8) is 0 Å². The Labute approximate surface area is 177 Å². The molecule has 3 aromatic rings. The lowest BCUT2D eigenvalue weighted by Crippen LogP contribution is -2.49. The van der Waals surface area contributed by atoms with Crippen LogP contribution in [0.1, 0.15) is 11.6 Å². The zero-order valence-corrected chi connectivity index (χ0v) is 16.7. The number of hydrogen-bond acceptors (Lipinski definition) is 6. The molecule has 3 heterocycles. The van der Waals surface area contributed by atoms with E-state index in [1.165, 1.54) is 4.57 Å². The zero-order valence-electron chi connectivity index (χ0n) is 16.0. The maximum atomic E-state index is 12.3. The Kier molecular flexibility index (Phi) is 5.56. The molecule has 1 aliphatic rings. The summed E-state index contributed by atoms with van der Waals surface area (Å²) in [5.74, 6) is -1.37. The number of halogens is 1. The number of nitrogens with zero attached hydrogens (tertiary/aromatic N) is 5. The topological polar surface area (TPSA) is 112 Å². The highest BCUT2D eigenvalue weighted by molar-refractivity contribution is 6.31. The van der Waals surface area contributed by atoms with Gasteiger partial charge in [0.15, 0.2) is 0 Å². The Hall–Kier alpha value is -3.17. The first-order chi connectivity index (χ1) is 14.4. The molecule has 1 aliphatic heterocycles. The van der Waals surface area contributed by atoms with Crippen molar-refractivity contribution in [3.8, 4) is 0 Å². The number of anilines is 1. The van der Waals surface area contributed by atoms with Gasteiger partial charge in [0.1, 0.15) is 12.6 Å². The molecule has 30 heavy (non-hydrogen) atoms. The van der Waals surface area contributed by atoms with Gasteiger partial charge >= 0.3 is 11.9 Å². The number of aliphatic carboxylic acids is 2. The lowest BCUT2D eigenvalue weighted by molar-refractivity contribution is -0.143. The highest BCUT2D eigenvalue weighted by atomic mass is 35.5. The molecule has 2 aromatic heterocycles. The number of hydrogen-bond donors (Lipinski definition) is 2. The molecule has 4 rings (SSSR count). The average molecular weight is 430 g/mol. The number of fused-ring (bicyclic) bond motifs is 1. The zero-order chi connectivity index (χ0) is 21.3. The summed E-state index contributed by atoms with van der Waals surface area (Å²) in [7, 11) is 0. The molecule has 0 amide bonds. The molecule has 0 spiro atoms. The van der Waals surface area contributed by atoms with Crippen LogP contribution in [-0.4, -0.2) is 67.8 Å². The molecule has 1 atom stereocenters. The van der Waals surface area contributed by atoms with Crippen molar-refractivity contribution in [3.05, 3.63) is 53.4 Å². The van der Waals surface area contributed by atoms with Crippen LogP contribution in [-0.2, 0) is 16.1 Å². The van der Waals surface area contributed by atoms with Gasteiger partial charge in [-0.2, -0.15) is 0 Å². The molecule has 0 bridgehead atoms. The second-order valence-corrected chi connectivity index (χ2v) is 7.52. The van der Waals surface area contributed by atoms with E-state index in [4.69, 9.17) is 11.6 Å². The number of rotatable bonds is 6. The van der Waals surface area contributed by atoms with E-state index in [0.29, 0.717) is 53.6 Å². The van der Waals surface area contributed by atoms with Crippen molar-refractivity contribution in [1.82, 2.24) is 19.4 Å². The Morgan fingerprint density at radius 3 is 2.43 bits per heavy atom. The lowest BCUT2D eigenvalue weighted by atomic mass is 10.0. The number of carboxylic acid groups (broad SMARTS) is 2. The van der Waals surface area contributed by atoms with E-state index in [2.05, 4.69) is 9.97 Å². The van der Waals surface area contributed by atoms with Gasteiger partial charge in [0.25, 0.3) is 0 Å². The molecule has 156 valence electrons. The van der Waals surface area contributed by atoms with Crippen LogP contribution in [0.2, 0.25) is 5.02 Å². The predicted molar refractivity (Wildman–Crippen MR) is 111 cm³/mol. The van der Waals surface area contributed by atoms with E-state index in [-0.39, 0.29) is 6.54 Å². The fourth-order valence-electron chi connectivity index (χ4n) is 3.91. The third kappa shape index (κ3) is 3.94. The van der Waals surface area contributed by atoms with Crippen molar-refractivity contribution in [2.75, 3.05) is 31.1 Å². The molecule has 1 fully saturated rings. The number of carboxylic acids is 2. The molecule has 0 aliphatic carbocycles. The average Bonchev–Trinajstić information content (AvgIpc) is 3.05. The van der Waals surface area contributed by atoms with E-state index in [9.17, 15) is 19.8 Å². The number of piperazine rings is 1. The van der Waals surface area contributed by atoms with E-state index in [1.54, 1.807) is 42.9 Å². The Balaban J connectivity index is 1.65. The molecule has 0 unspecified atom stereocenters. The van der Waals surface area contributed by atoms with Crippen LogP contribution >= 0.6 is 11.6 Å². The summed E-state index contributed by atoms with van der Waals surface area (Å²) in [6.45, 7) is 1.92. The number of aromatic nitrogens is 3. The molecule has 2 N–H and O–H groups in total. The second kappa shape index (κ2) is 8.29. The van der Waals surface area contributed by atoms with Gasteiger partial charge in [0.2, 0.25) is 5.95 Å². The fraction of sp³-hybridized carbons (Fsp3) is 0.300. The van der Waals surface area contributed by atoms with Gasteiger partial charge in [0.05, 0.1) is 5.52 Å². The summed E-state index contributed by atoms with van der Waals surface area (Å²) >= 11 is 6.10. The molecule has 9 nitrogen and oxygen atoms in total. The summed E-state index contributed by atoms with van der Waals surface area (Å²) in [6.07, 6.45) is 4.97. The molecular weight excluding hydrogens is 410 g/mol. The largest absolute Gasteiger partial charge is 0.480 e. The van der Waals surface area contributed by atoms with E-state index >= 15 is 0 Å². The van der Waals surface area contributed by atoms with Crippen LogP contribution in [0.15, 0.2) is 42.9 Å². The second-order valence-electron chi connectivity index (χ2n) is 7.08. The Bertz CT molecular complexity index is 1080. The minimum absolute atomic E-state index is 0.275. The minimum Gasteiger partial charge on any atom is -0.480 e. The van der Waals surface area contributed by atoms with Gasteiger partial charge in [-0.05, 0) is 18.2 Å². The van der Waals surface area contributed by atoms with Gasteiger partial charge < -0.3 is 19.7 Å². The number of carbonyl (C=O) groups is 2. The van der Waals surface area contributed by atoms with Crippen molar-refractivity contribution in [1.29, 1.82) is 0 Å². The van der Waals surface area contributed by atoms with Crippen LogP contribution in [0.4, 0.5) is 5.95 Å². The van der Waals surface area contributed by atoms with Crippen LogP contribution < -0.4 is 4.90 Å². The summed E-state index contributed by atoms with van der Waals surface area (Å²) in [5, 5.41) is 20.4. The van der Waals surface area contributed by atoms with Crippen LogP contribution in [0.5, 0.6) is 0 Å². The van der Waals surface area contributed by atoms with Crippen molar-refractivity contribution in [2.45, 2.75) is 12.6 Å². The lowest BCUT2D eigenvalue weighted by Gasteiger charge is -2.37. The standard InChI is InChI=1S/C20H20ClN5O4/c21-13-2-3-14-15(11-26(12-17(27)28)16(14)10-13)18(19(29)30)24-6-8-25(9-7-24)20-22-4-1-5-23-20/h1-5,10-11,18H,6-9,12H2,(H,27,28)(H,29,30)/t18-/m0/s1. The van der Waals surface area contributed by atoms with E-state index in [0.717, 1.165) is 0 Å². The van der Waals surface area contributed by atoms with Gasteiger partial charge in [-0.15, -0.1) is 0 Å². The smallest absolute Gasteiger partial charge is 0.325 e. The number of benzene rings is 1. The minimum atomic E-state index is -1.01. The van der Waals surface area contributed by atoms with Crippen LogP contribution in [0, 0.1) is 0 Å². The summed E-state index contributed by atoms with van der Waals surface area (Å²) < 4.78 is 1.53. The SMILES string of the molecule is O=C(O)Cn1cc([C@@H](C(=O)O)N2CCN(c3ncccn3)CC2)c2ccc(Cl)cc21. The summed E-state index contributed by atoms with van der Waals surface area (Å²) in [6, 6.07) is 5.94. The quantitative estimate of drug-likeness (QED) is 0.612. The highest BCUT2D eigenvalue weighted by Gasteiger charge is 2.33. The molecule has 1 aromatic carbocycles. The molecular formula is C20H20ClN5O4. The summed E-state index contributed by atoms with van der Waals surface area (Å²) in [5.41, 5.74) is 1.15. The monoisotopic (exact) mass is 429 g/mol. The highest BCUT2D eigenvalue weighted by Crippen LogP contribution is 2.33. The predicted octanol–water partition coefficient (Wildman–Crippen LogP) is 2.12. The fourth-order valence-corrected chi connectivity index (χ4v) is 4.07. The van der Waals surface area contributed by atoms with E-state index in [1.807, 2.05) is 9.80 Å². The maximum absolute atomic E-state index is 12.3. The molecule has 0 radical (unpaired) electrons. The third-order valence-corrected chi connectivity index (χ3v) is 5.46. The third-order valence-electron chi connectivity index (χ3n) is 5.22. The molecule has 1 saturated heterocycles. The summed E-state index contributed by atoms with van der Waals surface area (Å²) in [4.78, 5) is 36.0. The molecule has 10 heteroatoms. The Morgan fingerprint density at radius 1 is 1.10 bits per heavy atom. The normalized spacial score (nSPS) is 16.0. The van der Waals surface area contributed by atoms with Crippen molar-refractivity contribution in [2.24, 2.45) is 0 Å². The Morgan fingerprint density at radius 2 is 1.80 bits per heavy atom. The first-order valence-electron chi connectivity index (χ1n) is 9.43. The van der Waals surface area contributed by atoms with Gasteiger partial charge in [-0.1, -0.05) is 17.7 Å². The maximum Gasteiger partial charge on any atom is 0.325 e. The molecule has 0 saturated carbocycles.